The summed E-state index contributed by atoms with van der Waals surface area (Å²) < 4.78 is 1.79. The lowest BCUT2D eigenvalue weighted by molar-refractivity contribution is 0.0685. The Hall–Kier alpha value is -0.900. The molecule has 0 aliphatic rings. The number of hydrogen-bond acceptors (Lipinski definition) is 2. The Morgan fingerprint density at radius 2 is 2.43 bits per heavy atom. The van der Waals surface area contributed by atoms with Gasteiger partial charge in [-0.15, -0.1) is 0 Å². The van der Waals surface area contributed by atoms with E-state index in [0.717, 1.165) is 24.5 Å². The SMILES string of the molecule is CCSCCCn1cccc1C(=O)O. The van der Waals surface area contributed by atoms with Crippen LogP contribution in [0.4, 0.5) is 0 Å². The van der Waals surface area contributed by atoms with Crippen LogP contribution in [0.5, 0.6) is 0 Å². The number of aromatic carboxylic acids is 1. The number of thioether (sulfide) groups is 1. The minimum Gasteiger partial charge on any atom is -0.477 e. The van der Waals surface area contributed by atoms with Gasteiger partial charge in [0.25, 0.3) is 0 Å². The summed E-state index contributed by atoms with van der Waals surface area (Å²) in [5.41, 5.74) is 0.381. The Morgan fingerprint density at radius 3 is 3.07 bits per heavy atom. The van der Waals surface area contributed by atoms with E-state index in [2.05, 4.69) is 6.92 Å². The average Bonchev–Trinajstić information content (AvgIpc) is 2.60. The van der Waals surface area contributed by atoms with Crippen molar-refractivity contribution >= 4 is 17.7 Å². The van der Waals surface area contributed by atoms with Crippen LogP contribution in [-0.2, 0) is 6.54 Å². The third-order valence-corrected chi connectivity index (χ3v) is 2.93. The lowest BCUT2D eigenvalue weighted by Crippen LogP contribution is -2.08. The van der Waals surface area contributed by atoms with Gasteiger partial charge in [0.05, 0.1) is 0 Å². The van der Waals surface area contributed by atoms with Gasteiger partial charge in [0.15, 0.2) is 0 Å². The zero-order chi connectivity index (χ0) is 10.4. The number of carbonyl (C=O) groups is 1. The van der Waals surface area contributed by atoms with Crippen molar-refractivity contribution in [3.63, 3.8) is 0 Å². The van der Waals surface area contributed by atoms with E-state index >= 15 is 0 Å². The Balaban J connectivity index is 2.42. The predicted molar refractivity (Wildman–Crippen MR) is 59.0 cm³/mol. The summed E-state index contributed by atoms with van der Waals surface area (Å²) in [5, 5.41) is 8.83. The van der Waals surface area contributed by atoms with Gasteiger partial charge in [-0.2, -0.15) is 11.8 Å². The molecular weight excluding hydrogens is 198 g/mol. The first kappa shape index (κ1) is 11.2. The van der Waals surface area contributed by atoms with Crippen LogP contribution in [-0.4, -0.2) is 27.1 Å². The second-order valence-corrected chi connectivity index (χ2v) is 4.34. The molecule has 1 N–H and O–H groups in total. The Bertz CT molecular complexity index is 296. The highest BCUT2D eigenvalue weighted by Crippen LogP contribution is 2.06. The fourth-order valence-electron chi connectivity index (χ4n) is 1.28. The van der Waals surface area contributed by atoms with Crippen molar-refractivity contribution in [3.8, 4) is 0 Å². The van der Waals surface area contributed by atoms with Crippen LogP contribution in [0.25, 0.3) is 0 Å². The van der Waals surface area contributed by atoms with Gasteiger partial charge >= 0.3 is 5.97 Å². The van der Waals surface area contributed by atoms with E-state index in [9.17, 15) is 4.79 Å². The minimum atomic E-state index is -0.849. The van der Waals surface area contributed by atoms with Crippen LogP contribution >= 0.6 is 11.8 Å². The maximum atomic E-state index is 10.7. The van der Waals surface area contributed by atoms with Gasteiger partial charge in [0, 0.05) is 12.7 Å². The average molecular weight is 213 g/mol. The maximum absolute atomic E-state index is 10.7. The summed E-state index contributed by atoms with van der Waals surface area (Å²) in [5.74, 6) is 1.36. The molecule has 1 rings (SSSR count). The maximum Gasteiger partial charge on any atom is 0.352 e. The van der Waals surface area contributed by atoms with Crippen molar-refractivity contribution in [2.24, 2.45) is 0 Å². The third-order valence-electron chi connectivity index (χ3n) is 1.94. The molecule has 0 atom stereocenters. The molecule has 0 spiro atoms. The van der Waals surface area contributed by atoms with Gasteiger partial charge in [0.1, 0.15) is 5.69 Å². The first-order valence-corrected chi connectivity index (χ1v) is 5.87. The van der Waals surface area contributed by atoms with E-state index in [1.807, 2.05) is 18.0 Å². The highest BCUT2D eigenvalue weighted by atomic mass is 32.2. The molecule has 1 aromatic heterocycles. The van der Waals surface area contributed by atoms with Crippen molar-refractivity contribution in [1.82, 2.24) is 4.57 Å². The van der Waals surface area contributed by atoms with Crippen molar-refractivity contribution < 1.29 is 9.90 Å². The van der Waals surface area contributed by atoms with E-state index in [1.54, 1.807) is 16.7 Å². The quantitative estimate of drug-likeness (QED) is 0.737. The summed E-state index contributed by atoms with van der Waals surface area (Å²) >= 11 is 1.88. The topological polar surface area (TPSA) is 42.2 Å². The number of carboxylic acid groups (broad SMARTS) is 1. The predicted octanol–water partition coefficient (Wildman–Crippen LogP) is 2.33. The zero-order valence-electron chi connectivity index (χ0n) is 8.27. The van der Waals surface area contributed by atoms with E-state index in [1.165, 1.54) is 0 Å². The molecule has 0 aromatic carbocycles. The van der Waals surface area contributed by atoms with Gasteiger partial charge in [-0.05, 0) is 30.1 Å². The molecule has 0 aliphatic heterocycles. The number of aryl methyl sites for hydroxylation is 1. The van der Waals surface area contributed by atoms with Crippen molar-refractivity contribution in [1.29, 1.82) is 0 Å². The largest absolute Gasteiger partial charge is 0.477 e. The third kappa shape index (κ3) is 3.10. The van der Waals surface area contributed by atoms with E-state index in [-0.39, 0.29) is 0 Å². The zero-order valence-corrected chi connectivity index (χ0v) is 9.09. The standard InChI is InChI=1S/C10H15NO2S/c1-2-14-8-4-7-11-6-3-5-9(11)10(12)13/h3,5-6H,2,4,7-8H2,1H3,(H,12,13). The van der Waals surface area contributed by atoms with Crippen molar-refractivity contribution in [2.45, 2.75) is 19.9 Å². The van der Waals surface area contributed by atoms with Crippen molar-refractivity contribution in [3.05, 3.63) is 24.0 Å². The molecule has 0 amide bonds. The lowest BCUT2D eigenvalue weighted by Gasteiger charge is -2.05. The molecule has 1 heterocycles. The smallest absolute Gasteiger partial charge is 0.352 e. The highest BCUT2D eigenvalue weighted by molar-refractivity contribution is 7.99. The molecule has 0 fully saturated rings. The molecule has 0 saturated heterocycles. The summed E-state index contributed by atoms with van der Waals surface area (Å²) in [7, 11) is 0. The van der Waals surface area contributed by atoms with Crippen LogP contribution < -0.4 is 0 Å². The Labute approximate surface area is 88.1 Å². The molecule has 3 nitrogen and oxygen atoms in total. The molecule has 1 aromatic rings. The lowest BCUT2D eigenvalue weighted by atomic mass is 10.4. The van der Waals surface area contributed by atoms with E-state index in [0.29, 0.717) is 5.69 Å². The van der Waals surface area contributed by atoms with Gasteiger partial charge in [-0.25, -0.2) is 4.79 Å². The summed E-state index contributed by atoms with van der Waals surface area (Å²) in [6.07, 6.45) is 2.84. The molecular formula is C10H15NO2S. The van der Waals surface area contributed by atoms with E-state index < -0.39 is 5.97 Å². The molecule has 0 radical (unpaired) electrons. The second-order valence-electron chi connectivity index (χ2n) is 2.94. The molecule has 78 valence electrons. The first-order valence-electron chi connectivity index (χ1n) is 4.72. The van der Waals surface area contributed by atoms with Gasteiger partial charge in [0.2, 0.25) is 0 Å². The highest BCUT2D eigenvalue weighted by Gasteiger charge is 2.07. The number of hydrogen-bond donors (Lipinski definition) is 1. The fraction of sp³-hybridized carbons (Fsp3) is 0.500. The summed E-state index contributed by atoms with van der Waals surface area (Å²) in [6.45, 7) is 2.92. The Morgan fingerprint density at radius 1 is 1.64 bits per heavy atom. The first-order chi connectivity index (χ1) is 6.75. The Kier molecular flexibility index (Phi) is 4.59. The monoisotopic (exact) mass is 213 g/mol. The molecule has 0 aliphatic carbocycles. The van der Waals surface area contributed by atoms with Gasteiger partial charge in [-0.3, -0.25) is 0 Å². The van der Waals surface area contributed by atoms with Gasteiger partial charge in [-0.1, -0.05) is 6.92 Å². The second kappa shape index (κ2) is 5.75. The summed E-state index contributed by atoms with van der Waals surface area (Å²) in [4.78, 5) is 10.7. The molecule has 0 saturated carbocycles. The summed E-state index contributed by atoms with van der Waals surface area (Å²) in [6, 6.07) is 3.41. The van der Waals surface area contributed by atoms with Crippen LogP contribution in [0, 0.1) is 0 Å². The number of nitrogens with zero attached hydrogens (tertiary/aromatic N) is 1. The van der Waals surface area contributed by atoms with Crippen LogP contribution in [0.2, 0.25) is 0 Å². The van der Waals surface area contributed by atoms with Crippen LogP contribution in [0.15, 0.2) is 18.3 Å². The molecule has 14 heavy (non-hydrogen) atoms. The number of aromatic nitrogens is 1. The van der Waals surface area contributed by atoms with Crippen LogP contribution in [0.3, 0.4) is 0 Å². The normalized spacial score (nSPS) is 10.4. The number of rotatable bonds is 6. The van der Waals surface area contributed by atoms with Crippen LogP contribution in [0.1, 0.15) is 23.8 Å². The molecule has 4 heteroatoms. The minimum absolute atomic E-state index is 0.381. The number of carboxylic acids is 1. The van der Waals surface area contributed by atoms with Crippen molar-refractivity contribution in [2.75, 3.05) is 11.5 Å². The fourth-order valence-corrected chi connectivity index (χ4v) is 1.91. The molecule has 0 unspecified atom stereocenters. The van der Waals surface area contributed by atoms with Gasteiger partial charge < -0.3 is 9.67 Å². The van der Waals surface area contributed by atoms with E-state index in [4.69, 9.17) is 5.11 Å². The molecule has 0 bridgehead atoms.